The van der Waals surface area contributed by atoms with Crippen molar-refractivity contribution in [2.75, 3.05) is 5.32 Å². The lowest BCUT2D eigenvalue weighted by Gasteiger charge is -2.13. The Labute approximate surface area is 88.5 Å². The SMILES string of the molecule is CCCC(CC)Nc1nc(C(=O)O)co1. The number of rotatable bonds is 6. The lowest BCUT2D eigenvalue weighted by Crippen LogP contribution is -2.18. The third-order valence-electron chi connectivity index (χ3n) is 2.18. The molecule has 0 saturated heterocycles. The Morgan fingerprint density at radius 3 is 2.87 bits per heavy atom. The number of aromatic nitrogens is 1. The first-order valence-corrected chi connectivity index (χ1v) is 5.12. The Morgan fingerprint density at radius 1 is 1.67 bits per heavy atom. The van der Waals surface area contributed by atoms with Crippen molar-refractivity contribution in [3.8, 4) is 0 Å². The van der Waals surface area contributed by atoms with Gasteiger partial charge in [-0.25, -0.2) is 4.79 Å². The van der Waals surface area contributed by atoms with E-state index in [0.717, 1.165) is 25.5 Å². The van der Waals surface area contributed by atoms with Gasteiger partial charge in [-0.15, -0.1) is 0 Å². The maximum Gasteiger partial charge on any atom is 0.357 e. The summed E-state index contributed by atoms with van der Waals surface area (Å²) in [6.45, 7) is 4.16. The number of hydrogen-bond acceptors (Lipinski definition) is 4. The fourth-order valence-corrected chi connectivity index (χ4v) is 1.34. The number of anilines is 1. The van der Waals surface area contributed by atoms with E-state index in [2.05, 4.69) is 24.1 Å². The molecule has 0 aromatic carbocycles. The molecule has 1 aromatic rings. The molecule has 5 nitrogen and oxygen atoms in total. The Hall–Kier alpha value is -1.52. The van der Waals surface area contributed by atoms with Gasteiger partial charge in [0.1, 0.15) is 6.26 Å². The molecular formula is C10H16N2O3. The minimum Gasteiger partial charge on any atom is -0.476 e. The van der Waals surface area contributed by atoms with Crippen LogP contribution in [0.1, 0.15) is 43.6 Å². The highest BCUT2D eigenvalue weighted by Gasteiger charge is 2.12. The molecule has 84 valence electrons. The number of carboxylic acids is 1. The number of aromatic carboxylic acids is 1. The minimum atomic E-state index is -1.07. The monoisotopic (exact) mass is 212 g/mol. The number of hydrogen-bond donors (Lipinski definition) is 2. The molecule has 0 saturated carbocycles. The van der Waals surface area contributed by atoms with E-state index in [0.29, 0.717) is 0 Å². The van der Waals surface area contributed by atoms with Gasteiger partial charge in [0.25, 0.3) is 6.01 Å². The van der Waals surface area contributed by atoms with E-state index >= 15 is 0 Å². The number of oxazole rings is 1. The van der Waals surface area contributed by atoms with Crippen LogP contribution in [0.3, 0.4) is 0 Å². The summed E-state index contributed by atoms with van der Waals surface area (Å²) in [5.41, 5.74) is -0.0659. The third kappa shape index (κ3) is 3.27. The van der Waals surface area contributed by atoms with Crippen LogP contribution < -0.4 is 5.32 Å². The summed E-state index contributed by atoms with van der Waals surface area (Å²) >= 11 is 0. The van der Waals surface area contributed by atoms with Crippen LogP contribution in [0.4, 0.5) is 6.01 Å². The van der Waals surface area contributed by atoms with Crippen LogP contribution in [0.15, 0.2) is 10.7 Å². The smallest absolute Gasteiger partial charge is 0.357 e. The normalized spacial score (nSPS) is 12.4. The van der Waals surface area contributed by atoms with E-state index in [1.807, 2.05) is 0 Å². The van der Waals surface area contributed by atoms with Crippen LogP contribution in [0.5, 0.6) is 0 Å². The van der Waals surface area contributed by atoms with Gasteiger partial charge >= 0.3 is 5.97 Å². The van der Waals surface area contributed by atoms with E-state index in [-0.39, 0.29) is 17.8 Å². The van der Waals surface area contributed by atoms with Crippen molar-refractivity contribution < 1.29 is 14.3 Å². The first kappa shape index (κ1) is 11.6. The number of carboxylic acid groups (broad SMARTS) is 1. The average Bonchev–Trinajstić information content (AvgIpc) is 2.65. The lowest BCUT2D eigenvalue weighted by molar-refractivity contribution is 0.0690. The number of carbonyl (C=O) groups is 1. The number of nitrogens with one attached hydrogen (secondary N) is 1. The Kier molecular flexibility index (Phi) is 4.15. The first-order chi connectivity index (χ1) is 7.17. The zero-order valence-electron chi connectivity index (χ0n) is 8.99. The average molecular weight is 212 g/mol. The molecule has 0 aliphatic rings. The van der Waals surface area contributed by atoms with Crippen LogP contribution in [-0.4, -0.2) is 22.1 Å². The Bertz CT molecular complexity index is 322. The van der Waals surface area contributed by atoms with Gasteiger partial charge in [-0.3, -0.25) is 0 Å². The molecular weight excluding hydrogens is 196 g/mol. The molecule has 1 aromatic heterocycles. The standard InChI is InChI=1S/C10H16N2O3/c1-3-5-7(4-2)11-10-12-8(6-15-10)9(13)14/h6-7H,3-5H2,1-2H3,(H,11,12)(H,13,14). The van der Waals surface area contributed by atoms with E-state index in [4.69, 9.17) is 9.52 Å². The van der Waals surface area contributed by atoms with Crippen LogP contribution >= 0.6 is 0 Å². The zero-order chi connectivity index (χ0) is 11.3. The van der Waals surface area contributed by atoms with Crippen LogP contribution in [-0.2, 0) is 0 Å². The molecule has 0 aliphatic carbocycles. The van der Waals surface area contributed by atoms with Crippen LogP contribution in [0.2, 0.25) is 0 Å². The van der Waals surface area contributed by atoms with Gasteiger partial charge in [-0.1, -0.05) is 20.3 Å². The molecule has 0 aliphatic heterocycles. The summed E-state index contributed by atoms with van der Waals surface area (Å²) in [6, 6.07) is 0.572. The summed E-state index contributed by atoms with van der Waals surface area (Å²) in [5.74, 6) is -1.07. The topological polar surface area (TPSA) is 75.4 Å². The summed E-state index contributed by atoms with van der Waals surface area (Å²) in [4.78, 5) is 14.3. The van der Waals surface area contributed by atoms with Crippen molar-refractivity contribution >= 4 is 12.0 Å². The van der Waals surface area contributed by atoms with Crippen molar-refractivity contribution in [1.29, 1.82) is 0 Å². The Morgan fingerprint density at radius 2 is 2.40 bits per heavy atom. The van der Waals surface area contributed by atoms with Crippen LogP contribution in [0.25, 0.3) is 0 Å². The predicted octanol–water partition coefficient (Wildman–Crippen LogP) is 2.36. The Balaban J connectivity index is 2.59. The quantitative estimate of drug-likeness (QED) is 0.757. The highest BCUT2D eigenvalue weighted by molar-refractivity contribution is 5.85. The first-order valence-electron chi connectivity index (χ1n) is 5.12. The van der Waals surface area contributed by atoms with Crippen LogP contribution in [0, 0.1) is 0 Å². The van der Waals surface area contributed by atoms with Gasteiger partial charge in [-0.05, 0) is 12.8 Å². The molecule has 5 heteroatoms. The highest BCUT2D eigenvalue weighted by Crippen LogP contribution is 2.12. The summed E-state index contributed by atoms with van der Waals surface area (Å²) in [6.07, 6.45) is 4.18. The summed E-state index contributed by atoms with van der Waals surface area (Å²) in [5, 5.41) is 11.7. The van der Waals surface area contributed by atoms with E-state index < -0.39 is 5.97 Å². The zero-order valence-corrected chi connectivity index (χ0v) is 8.99. The lowest BCUT2D eigenvalue weighted by atomic mass is 10.1. The maximum atomic E-state index is 10.5. The summed E-state index contributed by atoms with van der Waals surface area (Å²) in [7, 11) is 0. The van der Waals surface area contributed by atoms with Gasteiger partial charge in [0.15, 0.2) is 5.69 Å². The maximum absolute atomic E-state index is 10.5. The second kappa shape index (κ2) is 5.38. The van der Waals surface area contributed by atoms with Gasteiger partial charge < -0.3 is 14.8 Å². The minimum absolute atomic E-state index is 0.0659. The molecule has 0 amide bonds. The molecule has 1 rings (SSSR count). The molecule has 0 bridgehead atoms. The van der Waals surface area contributed by atoms with Crippen molar-refractivity contribution in [2.24, 2.45) is 0 Å². The fourth-order valence-electron chi connectivity index (χ4n) is 1.34. The highest BCUT2D eigenvalue weighted by atomic mass is 16.4. The van der Waals surface area contributed by atoms with Crippen molar-refractivity contribution in [2.45, 2.75) is 39.2 Å². The predicted molar refractivity (Wildman–Crippen MR) is 56.1 cm³/mol. The molecule has 0 radical (unpaired) electrons. The van der Waals surface area contributed by atoms with Crippen molar-refractivity contribution in [3.63, 3.8) is 0 Å². The second-order valence-corrected chi connectivity index (χ2v) is 3.38. The fraction of sp³-hybridized carbons (Fsp3) is 0.600. The van der Waals surface area contributed by atoms with Gasteiger partial charge in [0.2, 0.25) is 0 Å². The third-order valence-corrected chi connectivity index (χ3v) is 2.18. The van der Waals surface area contributed by atoms with Gasteiger partial charge in [0.05, 0.1) is 0 Å². The van der Waals surface area contributed by atoms with Crippen molar-refractivity contribution in [1.82, 2.24) is 4.98 Å². The van der Waals surface area contributed by atoms with E-state index in [1.165, 1.54) is 0 Å². The van der Waals surface area contributed by atoms with Gasteiger partial charge in [-0.2, -0.15) is 4.98 Å². The van der Waals surface area contributed by atoms with Crippen molar-refractivity contribution in [3.05, 3.63) is 12.0 Å². The molecule has 1 atom stereocenters. The second-order valence-electron chi connectivity index (χ2n) is 3.38. The summed E-state index contributed by atoms with van der Waals surface area (Å²) < 4.78 is 5.00. The molecule has 0 fully saturated rings. The number of nitrogens with zero attached hydrogens (tertiary/aromatic N) is 1. The van der Waals surface area contributed by atoms with E-state index in [1.54, 1.807) is 0 Å². The molecule has 1 heterocycles. The molecule has 0 spiro atoms. The largest absolute Gasteiger partial charge is 0.476 e. The van der Waals surface area contributed by atoms with E-state index in [9.17, 15) is 4.79 Å². The molecule has 15 heavy (non-hydrogen) atoms. The molecule has 2 N–H and O–H groups in total. The van der Waals surface area contributed by atoms with Gasteiger partial charge in [0, 0.05) is 6.04 Å². The molecule has 1 unspecified atom stereocenters.